The van der Waals surface area contributed by atoms with Crippen LogP contribution in [0, 0.1) is 17.8 Å². The Morgan fingerprint density at radius 3 is 2.87 bits per heavy atom. The van der Waals surface area contributed by atoms with Crippen molar-refractivity contribution < 1.29 is 0 Å². The molecule has 0 aliphatic heterocycles. The highest BCUT2D eigenvalue weighted by Crippen LogP contribution is 2.43. The van der Waals surface area contributed by atoms with E-state index in [2.05, 4.69) is 40.1 Å². The first-order chi connectivity index (χ1) is 7.16. The first-order valence-corrected chi connectivity index (χ1v) is 6.31. The molecule has 15 heavy (non-hydrogen) atoms. The Morgan fingerprint density at radius 1 is 1.53 bits per heavy atom. The van der Waals surface area contributed by atoms with E-state index < -0.39 is 0 Å². The van der Waals surface area contributed by atoms with Crippen LogP contribution in [0.1, 0.15) is 20.3 Å². The molecule has 0 spiro atoms. The van der Waals surface area contributed by atoms with Gasteiger partial charge in [0, 0.05) is 17.2 Å². The van der Waals surface area contributed by atoms with Crippen LogP contribution in [-0.2, 0) is 0 Å². The summed E-state index contributed by atoms with van der Waals surface area (Å²) in [5.74, 6) is 3.59. The molecular formula is C12H17BrN2. The summed E-state index contributed by atoms with van der Waals surface area (Å²) in [6, 6.07) is 4.03. The number of pyridine rings is 1. The smallest absolute Gasteiger partial charge is 0.125 e. The van der Waals surface area contributed by atoms with E-state index in [9.17, 15) is 0 Å². The average molecular weight is 269 g/mol. The van der Waals surface area contributed by atoms with E-state index >= 15 is 0 Å². The van der Waals surface area contributed by atoms with Crippen LogP contribution in [0.3, 0.4) is 0 Å². The number of hydrogen-bond donors (Lipinski definition) is 1. The van der Waals surface area contributed by atoms with Crippen molar-refractivity contribution in [3.05, 3.63) is 22.8 Å². The number of nitrogens with one attached hydrogen (secondary N) is 1. The SMILES string of the molecule is CC(C)C1CC1CNc1ccc(Br)cn1. The highest BCUT2D eigenvalue weighted by Gasteiger charge is 2.38. The Kier molecular flexibility index (Phi) is 3.29. The van der Waals surface area contributed by atoms with Crippen molar-refractivity contribution in [2.45, 2.75) is 20.3 Å². The van der Waals surface area contributed by atoms with Gasteiger partial charge in [0.05, 0.1) is 0 Å². The maximum absolute atomic E-state index is 4.29. The topological polar surface area (TPSA) is 24.9 Å². The van der Waals surface area contributed by atoms with E-state index in [0.717, 1.165) is 34.6 Å². The lowest BCUT2D eigenvalue weighted by Crippen LogP contribution is -2.07. The van der Waals surface area contributed by atoms with Crippen LogP contribution < -0.4 is 5.32 Å². The van der Waals surface area contributed by atoms with Gasteiger partial charge in [0.1, 0.15) is 5.82 Å². The third-order valence-corrected chi connectivity index (χ3v) is 3.58. The summed E-state index contributed by atoms with van der Waals surface area (Å²) >= 11 is 3.38. The molecule has 2 nitrogen and oxygen atoms in total. The van der Waals surface area contributed by atoms with Gasteiger partial charge in [-0.25, -0.2) is 4.98 Å². The zero-order chi connectivity index (χ0) is 10.8. The molecule has 82 valence electrons. The second-order valence-electron chi connectivity index (χ2n) is 4.65. The fourth-order valence-corrected chi connectivity index (χ4v) is 2.27. The summed E-state index contributed by atoms with van der Waals surface area (Å²) in [6.07, 6.45) is 3.20. The van der Waals surface area contributed by atoms with E-state index in [-0.39, 0.29) is 0 Å². The lowest BCUT2D eigenvalue weighted by molar-refractivity contribution is 0.524. The van der Waals surface area contributed by atoms with Crippen LogP contribution in [0.5, 0.6) is 0 Å². The molecule has 1 saturated carbocycles. The Bertz CT molecular complexity index is 321. The lowest BCUT2D eigenvalue weighted by Gasteiger charge is -2.06. The van der Waals surface area contributed by atoms with E-state index in [1.165, 1.54) is 6.42 Å². The van der Waals surface area contributed by atoms with E-state index in [4.69, 9.17) is 0 Å². The summed E-state index contributed by atoms with van der Waals surface area (Å²) in [7, 11) is 0. The summed E-state index contributed by atoms with van der Waals surface area (Å²) in [5, 5.41) is 3.39. The number of halogens is 1. The van der Waals surface area contributed by atoms with Crippen molar-refractivity contribution in [2.75, 3.05) is 11.9 Å². The zero-order valence-electron chi connectivity index (χ0n) is 9.20. The minimum absolute atomic E-state index is 0.828. The first kappa shape index (κ1) is 10.9. The molecule has 0 bridgehead atoms. The van der Waals surface area contributed by atoms with Crippen molar-refractivity contribution in [3.8, 4) is 0 Å². The number of rotatable bonds is 4. The van der Waals surface area contributed by atoms with Crippen LogP contribution in [0.15, 0.2) is 22.8 Å². The summed E-state index contributed by atoms with van der Waals surface area (Å²) in [4.78, 5) is 4.29. The third-order valence-electron chi connectivity index (χ3n) is 3.11. The Balaban J connectivity index is 1.77. The third kappa shape index (κ3) is 2.94. The second-order valence-corrected chi connectivity index (χ2v) is 5.56. The highest BCUT2D eigenvalue weighted by atomic mass is 79.9. The quantitative estimate of drug-likeness (QED) is 0.904. The Hall–Kier alpha value is -0.570. The predicted octanol–water partition coefficient (Wildman–Crippen LogP) is 3.55. The van der Waals surface area contributed by atoms with Gasteiger partial charge in [0.15, 0.2) is 0 Å². The molecule has 2 rings (SSSR count). The van der Waals surface area contributed by atoms with Gasteiger partial charge in [-0.1, -0.05) is 13.8 Å². The van der Waals surface area contributed by atoms with Crippen molar-refractivity contribution >= 4 is 21.7 Å². The van der Waals surface area contributed by atoms with Gasteiger partial charge in [-0.15, -0.1) is 0 Å². The molecule has 0 aromatic carbocycles. The number of anilines is 1. The second kappa shape index (κ2) is 4.52. The van der Waals surface area contributed by atoms with Crippen molar-refractivity contribution in [2.24, 2.45) is 17.8 Å². The van der Waals surface area contributed by atoms with Gasteiger partial charge in [0.2, 0.25) is 0 Å². The summed E-state index contributed by atoms with van der Waals surface area (Å²) in [5.41, 5.74) is 0. The predicted molar refractivity (Wildman–Crippen MR) is 66.9 cm³/mol. The molecule has 2 unspecified atom stereocenters. The van der Waals surface area contributed by atoms with Crippen LogP contribution in [0.25, 0.3) is 0 Å². The molecule has 1 aliphatic rings. The normalized spacial score (nSPS) is 24.3. The average Bonchev–Trinajstić information content (AvgIpc) is 2.96. The van der Waals surface area contributed by atoms with E-state index in [1.807, 2.05) is 18.3 Å². The Labute approximate surface area is 99.6 Å². The minimum atomic E-state index is 0.828. The molecule has 2 atom stereocenters. The molecule has 0 saturated heterocycles. The fourth-order valence-electron chi connectivity index (χ4n) is 2.04. The standard InChI is InChI=1S/C12H17BrN2/c1-8(2)11-5-9(11)6-14-12-4-3-10(13)7-15-12/h3-4,7-9,11H,5-6H2,1-2H3,(H,14,15). The molecule has 3 heteroatoms. The van der Waals surface area contributed by atoms with Gasteiger partial charge >= 0.3 is 0 Å². The fraction of sp³-hybridized carbons (Fsp3) is 0.583. The molecule has 1 aromatic heterocycles. The largest absolute Gasteiger partial charge is 0.370 e. The van der Waals surface area contributed by atoms with Crippen molar-refractivity contribution in [1.29, 1.82) is 0 Å². The van der Waals surface area contributed by atoms with Gasteiger partial charge in [-0.2, -0.15) is 0 Å². The summed E-state index contributed by atoms with van der Waals surface area (Å²) in [6.45, 7) is 5.68. The molecule has 1 N–H and O–H groups in total. The van der Waals surface area contributed by atoms with Gasteiger partial charge in [-0.3, -0.25) is 0 Å². The van der Waals surface area contributed by atoms with E-state index in [1.54, 1.807) is 0 Å². The summed E-state index contributed by atoms with van der Waals surface area (Å²) < 4.78 is 1.03. The van der Waals surface area contributed by atoms with Crippen LogP contribution >= 0.6 is 15.9 Å². The maximum atomic E-state index is 4.29. The lowest BCUT2D eigenvalue weighted by atomic mass is 10.1. The zero-order valence-corrected chi connectivity index (χ0v) is 10.8. The molecule has 1 heterocycles. The number of nitrogens with zero attached hydrogens (tertiary/aromatic N) is 1. The molecule has 1 aromatic rings. The maximum Gasteiger partial charge on any atom is 0.125 e. The van der Waals surface area contributed by atoms with Crippen LogP contribution in [0.4, 0.5) is 5.82 Å². The van der Waals surface area contributed by atoms with Crippen LogP contribution in [0.2, 0.25) is 0 Å². The Morgan fingerprint density at radius 2 is 2.33 bits per heavy atom. The highest BCUT2D eigenvalue weighted by molar-refractivity contribution is 9.10. The number of aromatic nitrogens is 1. The number of hydrogen-bond acceptors (Lipinski definition) is 2. The molecule has 1 aliphatic carbocycles. The van der Waals surface area contributed by atoms with Crippen LogP contribution in [-0.4, -0.2) is 11.5 Å². The van der Waals surface area contributed by atoms with Crippen molar-refractivity contribution in [1.82, 2.24) is 4.98 Å². The molecule has 0 amide bonds. The monoisotopic (exact) mass is 268 g/mol. The van der Waals surface area contributed by atoms with Gasteiger partial charge < -0.3 is 5.32 Å². The van der Waals surface area contributed by atoms with E-state index in [0.29, 0.717) is 0 Å². The molecule has 0 radical (unpaired) electrons. The molecule has 1 fully saturated rings. The first-order valence-electron chi connectivity index (χ1n) is 5.52. The molecular weight excluding hydrogens is 252 g/mol. The minimum Gasteiger partial charge on any atom is -0.370 e. The van der Waals surface area contributed by atoms with Crippen molar-refractivity contribution in [3.63, 3.8) is 0 Å². The van der Waals surface area contributed by atoms with Gasteiger partial charge in [0.25, 0.3) is 0 Å². The van der Waals surface area contributed by atoms with Gasteiger partial charge in [-0.05, 0) is 52.2 Å².